The molecule has 2 aliphatic rings. The van der Waals surface area contributed by atoms with Crippen molar-refractivity contribution >= 4 is 23.3 Å². The number of amides is 2. The third-order valence-corrected chi connectivity index (χ3v) is 6.10. The third kappa shape index (κ3) is 3.86. The van der Waals surface area contributed by atoms with Crippen molar-refractivity contribution in [2.45, 2.75) is 31.8 Å². The van der Waals surface area contributed by atoms with Gasteiger partial charge in [-0.3, -0.25) is 5.32 Å². The predicted molar refractivity (Wildman–Crippen MR) is 117 cm³/mol. The molecule has 2 N–H and O–H groups in total. The van der Waals surface area contributed by atoms with E-state index in [2.05, 4.69) is 20.7 Å². The summed E-state index contributed by atoms with van der Waals surface area (Å²) in [6.45, 7) is 4.71. The Hall–Kier alpha value is -3.27. The third-order valence-electron chi connectivity index (χ3n) is 6.10. The molecule has 3 aromatic rings. The van der Waals surface area contributed by atoms with Crippen molar-refractivity contribution < 1.29 is 13.6 Å². The van der Waals surface area contributed by atoms with Crippen LogP contribution in [0.3, 0.4) is 0 Å². The van der Waals surface area contributed by atoms with Gasteiger partial charge in [-0.05, 0) is 50.1 Å². The molecule has 32 heavy (non-hydrogen) atoms. The summed E-state index contributed by atoms with van der Waals surface area (Å²) in [6.07, 6.45) is 3.12. The monoisotopic (exact) mass is 441 g/mol. The molecule has 2 fully saturated rings. The van der Waals surface area contributed by atoms with Crippen LogP contribution in [0.2, 0.25) is 0 Å². The van der Waals surface area contributed by atoms with Gasteiger partial charge in [0.15, 0.2) is 11.5 Å². The van der Waals surface area contributed by atoms with Crippen LogP contribution in [0.15, 0.2) is 36.5 Å². The average molecular weight is 441 g/mol. The maximum Gasteiger partial charge on any atom is 0.323 e. The average Bonchev–Trinajstić information content (AvgIpc) is 3.42. The first kappa shape index (κ1) is 20.6. The number of rotatable bonds is 3. The minimum atomic E-state index is -0.460. The normalized spacial score (nSPS) is 21.3. The summed E-state index contributed by atoms with van der Waals surface area (Å²) < 4.78 is 29.8. The summed E-state index contributed by atoms with van der Waals surface area (Å²) in [7, 11) is 0. The highest BCUT2D eigenvalue weighted by Crippen LogP contribution is 2.36. The number of nitrogens with one attached hydrogen (secondary N) is 2. The summed E-state index contributed by atoms with van der Waals surface area (Å²) in [5.74, 6) is 0.197. The second kappa shape index (κ2) is 8.34. The molecule has 10 heteroatoms. The molecule has 5 rings (SSSR count). The molecule has 168 valence electrons. The Morgan fingerprint density at radius 2 is 2.09 bits per heavy atom. The van der Waals surface area contributed by atoms with E-state index in [-0.39, 0.29) is 18.1 Å². The van der Waals surface area contributed by atoms with Crippen LogP contribution in [-0.4, -0.2) is 57.7 Å². The van der Waals surface area contributed by atoms with Crippen molar-refractivity contribution in [2.24, 2.45) is 0 Å². The first-order chi connectivity index (χ1) is 15.5. The number of nitrogens with zero attached hydrogens (tertiary/aromatic N) is 5. The van der Waals surface area contributed by atoms with Crippen LogP contribution in [0.5, 0.6) is 0 Å². The van der Waals surface area contributed by atoms with E-state index in [4.69, 9.17) is 0 Å². The standard InChI is InChI=1S/C22H25F2N7O/c1-14-13-29(10-8-25-14)22(32)27-21-12-26-19-6-7-20(28-31(19)21)30-9-2-3-18(30)16-11-15(23)4-5-17(16)24/h4-7,11-12,14,18,25H,2-3,8-10,13H2,1H3,(H,27,32)/t14-,18+/m0/s1. The summed E-state index contributed by atoms with van der Waals surface area (Å²) in [4.78, 5) is 20.8. The van der Waals surface area contributed by atoms with Gasteiger partial charge in [0.1, 0.15) is 17.5 Å². The minimum absolute atomic E-state index is 0.201. The van der Waals surface area contributed by atoms with Gasteiger partial charge in [0.05, 0.1) is 12.2 Å². The second-order valence-corrected chi connectivity index (χ2v) is 8.35. The predicted octanol–water partition coefficient (Wildman–Crippen LogP) is 3.17. The minimum Gasteiger partial charge on any atom is -0.348 e. The fraction of sp³-hybridized carbons (Fsp3) is 0.409. The Morgan fingerprint density at radius 3 is 2.94 bits per heavy atom. The largest absolute Gasteiger partial charge is 0.348 e. The van der Waals surface area contributed by atoms with Gasteiger partial charge in [0, 0.05) is 37.8 Å². The highest BCUT2D eigenvalue weighted by molar-refractivity contribution is 5.88. The molecular weight excluding hydrogens is 416 g/mol. The van der Waals surface area contributed by atoms with Gasteiger partial charge >= 0.3 is 6.03 Å². The van der Waals surface area contributed by atoms with Gasteiger partial charge in [-0.25, -0.2) is 18.6 Å². The molecule has 8 nitrogen and oxygen atoms in total. The number of carbonyl (C=O) groups excluding carboxylic acids is 1. The van der Waals surface area contributed by atoms with E-state index in [1.807, 2.05) is 24.0 Å². The van der Waals surface area contributed by atoms with Gasteiger partial charge in [0.25, 0.3) is 0 Å². The van der Waals surface area contributed by atoms with E-state index in [1.54, 1.807) is 15.6 Å². The smallest absolute Gasteiger partial charge is 0.323 e. The van der Waals surface area contributed by atoms with Crippen molar-refractivity contribution in [3.63, 3.8) is 0 Å². The van der Waals surface area contributed by atoms with Crippen LogP contribution in [0.4, 0.5) is 25.2 Å². The first-order valence-electron chi connectivity index (χ1n) is 10.9. The Balaban J connectivity index is 1.42. The van der Waals surface area contributed by atoms with E-state index in [9.17, 15) is 13.6 Å². The number of fused-ring (bicyclic) bond motifs is 1. The molecular formula is C22H25F2N7O. The molecule has 0 saturated carbocycles. The Bertz CT molecular complexity index is 1150. The van der Waals surface area contributed by atoms with Crippen LogP contribution in [0, 0.1) is 11.6 Å². The van der Waals surface area contributed by atoms with Gasteiger partial charge in [-0.1, -0.05) is 0 Å². The topological polar surface area (TPSA) is 77.8 Å². The number of carbonyl (C=O) groups is 1. The van der Waals surface area contributed by atoms with Crippen LogP contribution in [-0.2, 0) is 0 Å². The van der Waals surface area contributed by atoms with E-state index < -0.39 is 11.6 Å². The second-order valence-electron chi connectivity index (χ2n) is 8.35. The zero-order valence-electron chi connectivity index (χ0n) is 17.8. The molecule has 0 radical (unpaired) electrons. The Labute approximate surface area is 184 Å². The SMILES string of the molecule is C[C@H]1CN(C(=O)Nc2cnc3ccc(N4CCC[C@@H]4c4cc(F)ccc4F)nn23)CCN1. The number of anilines is 2. The summed E-state index contributed by atoms with van der Waals surface area (Å²) in [5.41, 5.74) is 0.918. The van der Waals surface area contributed by atoms with Crippen LogP contribution < -0.4 is 15.5 Å². The fourth-order valence-electron chi connectivity index (χ4n) is 4.54. The van der Waals surface area contributed by atoms with E-state index in [1.165, 1.54) is 6.07 Å². The zero-order chi connectivity index (χ0) is 22.2. The van der Waals surface area contributed by atoms with Gasteiger partial charge < -0.3 is 15.1 Å². The van der Waals surface area contributed by atoms with Crippen LogP contribution >= 0.6 is 0 Å². The van der Waals surface area contributed by atoms with Gasteiger partial charge in [-0.2, -0.15) is 4.52 Å². The molecule has 1 aromatic carbocycles. The Morgan fingerprint density at radius 1 is 1.22 bits per heavy atom. The van der Waals surface area contributed by atoms with Crippen molar-refractivity contribution in [3.05, 3.63) is 53.7 Å². The van der Waals surface area contributed by atoms with Crippen molar-refractivity contribution in [2.75, 3.05) is 36.4 Å². The number of imidazole rings is 1. The lowest BCUT2D eigenvalue weighted by atomic mass is 10.0. The summed E-state index contributed by atoms with van der Waals surface area (Å²) in [5, 5.41) is 10.9. The number of aromatic nitrogens is 3. The molecule has 4 heterocycles. The number of benzene rings is 1. The number of piperazine rings is 1. The maximum atomic E-state index is 14.4. The molecule has 0 unspecified atom stereocenters. The lowest BCUT2D eigenvalue weighted by Gasteiger charge is -2.31. The van der Waals surface area contributed by atoms with Crippen molar-refractivity contribution in [1.29, 1.82) is 0 Å². The lowest BCUT2D eigenvalue weighted by Crippen LogP contribution is -2.52. The summed E-state index contributed by atoms with van der Waals surface area (Å²) in [6, 6.07) is 6.91. The fourth-order valence-corrected chi connectivity index (χ4v) is 4.54. The molecule has 2 atom stereocenters. The molecule has 2 amide bonds. The van der Waals surface area contributed by atoms with Gasteiger partial charge in [0.2, 0.25) is 0 Å². The van der Waals surface area contributed by atoms with Gasteiger partial charge in [-0.15, -0.1) is 5.10 Å². The Kier molecular flexibility index (Phi) is 5.38. The number of urea groups is 1. The highest BCUT2D eigenvalue weighted by Gasteiger charge is 2.30. The van der Waals surface area contributed by atoms with Crippen LogP contribution in [0.25, 0.3) is 5.65 Å². The number of hydrogen-bond donors (Lipinski definition) is 2. The van der Waals surface area contributed by atoms with Crippen LogP contribution in [0.1, 0.15) is 31.4 Å². The molecule has 2 saturated heterocycles. The molecule has 0 spiro atoms. The van der Waals surface area contributed by atoms with E-state index in [0.29, 0.717) is 48.9 Å². The molecule has 0 bridgehead atoms. The van der Waals surface area contributed by atoms with E-state index >= 15 is 0 Å². The molecule has 0 aliphatic carbocycles. The lowest BCUT2D eigenvalue weighted by molar-refractivity contribution is 0.192. The first-order valence-corrected chi connectivity index (χ1v) is 10.9. The number of halogens is 2. The quantitative estimate of drug-likeness (QED) is 0.653. The molecule has 2 aliphatic heterocycles. The van der Waals surface area contributed by atoms with Crippen molar-refractivity contribution in [3.8, 4) is 0 Å². The molecule has 2 aromatic heterocycles. The number of hydrogen-bond acceptors (Lipinski definition) is 5. The van der Waals surface area contributed by atoms with E-state index in [0.717, 1.165) is 25.1 Å². The maximum absolute atomic E-state index is 14.4. The summed E-state index contributed by atoms with van der Waals surface area (Å²) >= 11 is 0. The zero-order valence-corrected chi connectivity index (χ0v) is 17.8. The van der Waals surface area contributed by atoms with Crippen molar-refractivity contribution in [1.82, 2.24) is 24.8 Å². The highest BCUT2D eigenvalue weighted by atomic mass is 19.1.